The molecule has 0 aromatic carbocycles. The van der Waals surface area contributed by atoms with Crippen molar-refractivity contribution in [1.82, 2.24) is 5.32 Å². The van der Waals surface area contributed by atoms with Crippen molar-refractivity contribution in [2.24, 2.45) is 0 Å². The fourth-order valence-electron chi connectivity index (χ4n) is 6.49. The van der Waals surface area contributed by atoms with E-state index in [9.17, 15) is 15.0 Å². The quantitative estimate of drug-likeness (QED) is 0.0435. The van der Waals surface area contributed by atoms with Crippen LogP contribution in [0.4, 0.5) is 0 Å². The number of carbonyl (C=O) groups is 1. The fourth-order valence-corrected chi connectivity index (χ4v) is 6.49. The molecule has 0 aliphatic rings. The zero-order chi connectivity index (χ0) is 37.8. The molecule has 0 spiro atoms. The summed E-state index contributed by atoms with van der Waals surface area (Å²) in [4.78, 5) is 12.4. The van der Waals surface area contributed by atoms with Gasteiger partial charge in [-0.2, -0.15) is 0 Å². The van der Waals surface area contributed by atoms with Gasteiger partial charge < -0.3 is 15.5 Å². The van der Waals surface area contributed by atoms with E-state index in [0.717, 1.165) is 44.9 Å². The van der Waals surface area contributed by atoms with Crippen molar-refractivity contribution >= 4 is 5.91 Å². The molecule has 0 rings (SSSR count). The van der Waals surface area contributed by atoms with Crippen LogP contribution in [0.15, 0.2) is 60.8 Å². The van der Waals surface area contributed by atoms with Gasteiger partial charge in [0.15, 0.2) is 0 Å². The molecule has 0 saturated carbocycles. The number of hydrogen-bond acceptors (Lipinski definition) is 3. The smallest absolute Gasteiger partial charge is 0.220 e. The van der Waals surface area contributed by atoms with E-state index in [2.05, 4.69) is 67.8 Å². The molecule has 0 saturated heterocycles. The van der Waals surface area contributed by atoms with Gasteiger partial charge in [0.25, 0.3) is 0 Å². The van der Waals surface area contributed by atoms with E-state index in [4.69, 9.17) is 0 Å². The normalized spacial score (nSPS) is 13.5. The van der Waals surface area contributed by atoms with Crippen LogP contribution in [0.2, 0.25) is 0 Å². The van der Waals surface area contributed by atoms with Crippen molar-refractivity contribution in [1.29, 1.82) is 0 Å². The van der Waals surface area contributed by atoms with E-state index in [1.807, 2.05) is 6.08 Å². The monoisotopic (exact) mass is 726 g/mol. The summed E-state index contributed by atoms with van der Waals surface area (Å²) in [5.41, 5.74) is 0. The van der Waals surface area contributed by atoms with Gasteiger partial charge in [-0.05, 0) is 70.6 Å². The highest BCUT2D eigenvalue weighted by Gasteiger charge is 2.17. The molecule has 0 aliphatic heterocycles. The van der Waals surface area contributed by atoms with Crippen molar-refractivity contribution in [3.8, 4) is 0 Å². The molecule has 0 fully saturated rings. The van der Waals surface area contributed by atoms with E-state index in [0.29, 0.717) is 6.42 Å². The number of allylic oxidation sites excluding steroid dienone is 9. The molecule has 2 atom stereocenters. The van der Waals surface area contributed by atoms with E-state index in [-0.39, 0.29) is 12.5 Å². The Hall–Kier alpha value is -1.91. The van der Waals surface area contributed by atoms with E-state index < -0.39 is 12.1 Å². The predicted molar refractivity (Wildman–Crippen MR) is 230 cm³/mol. The summed E-state index contributed by atoms with van der Waals surface area (Å²) in [5.74, 6) is -0.0777. The Kier molecular flexibility index (Phi) is 41.9. The summed E-state index contributed by atoms with van der Waals surface area (Å²) >= 11 is 0. The van der Waals surface area contributed by atoms with Gasteiger partial charge in [0.05, 0.1) is 18.8 Å². The van der Waals surface area contributed by atoms with Gasteiger partial charge in [-0.3, -0.25) is 4.79 Å². The van der Waals surface area contributed by atoms with Crippen molar-refractivity contribution in [3.63, 3.8) is 0 Å². The summed E-state index contributed by atoms with van der Waals surface area (Å²) in [6.07, 6.45) is 60.5. The largest absolute Gasteiger partial charge is 0.394 e. The summed E-state index contributed by atoms with van der Waals surface area (Å²) in [6, 6.07) is -0.639. The second-order valence-corrected chi connectivity index (χ2v) is 15.1. The lowest BCUT2D eigenvalue weighted by Crippen LogP contribution is -2.45. The maximum Gasteiger partial charge on any atom is 0.220 e. The third-order valence-corrected chi connectivity index (χ3v) is 9.97. The molecule has 0 bridgehead atoms. The number of amides is 1. The highest BCUT2D eigenvalue weighted by molar-refractivity contribution is 5.76. The second-order valence-electron chi connectivity index (χ2n) is 15.1. The number of carbonyl (C=O) groups excluding carboxylic acids is 1. The number of hydrogen-bond donors (Lipinski definition) is 3. The van der Waals surface area contributed by atoms with Crippen LogP contribution in [0.25, 0.3) is 0 Å². The highest BCUT2D eigenvalue weighted by atomic mass is 16.3. The van der Waals surface area contributed by atoms with Gasteiger partial charge in [-0.1, -0.05) is 203 Å². The third-order valence-electron chi connectivity index (χ3n) is 9.97. The highest BCUT2D eigenvalue weighted by Crippen LogP contribution is 2.14. The van der Waals surface area contributed by atoms with E-state index in [1.165, 1.54) is 154 Å². The molecule has 2 unspecified atom stereocenters. The molecule has 0 radical (unpaired) electrons. The van der Waals surface area contributed by atoms with Gasteiger partial charge >= 0.3 is 0 Å². The predicted octanol–water partition coefficient (Wildman–Crippen LogP) is 14.1. The molecular weight excluding hydrogens is 639 g/mol. The summed E-state index contributed by atoms with van der Waals surface area (Å²) < 4.78 is 0. The average molecular weight is 726 g/mol. The van der Waals surface area contributed by atoms with Crippen molar-refractivity contribution in [2.75, 3.05) is 6.61 Å². The molecule has 0 aromatic heterocycles. The first-order valence-electron chi connectivity index (χ1n) is 22.5. The van der Waals surface area contributed by atoms with Gasteiger partial charge in [-0.15, -0.1) is 0 Å². The number of unbranched alkanes of at least 4 members (excludes halogenated alkanes) is 25. The van der Waals surface area contributed by atoms with Crippen LogP contribution < -0.4 is 5.32 Å². The van der Waals surface area contributed by atoms with Crippen LogP contribution in [-0.4, -0.2) is 34.9 Å². The summed E-state index contributed by atoms with van der Waals surface area (Å²) in [6.45, 7) is 4.25. The molecule has 4 heteroatoms. The zero-order valence-corrected chi connectivity index (χ0v) is 34.6. The number of nitrogens with one attached hydrogen (secondary N) is 1. The Balaban J connectivity index is 3.53. The maximum absolute atomic E-state index is 12.4. The lowest BCUT2D eigenvalue weighted by molar-refractivity contribution is -0.123. The zero-order valence-electron chi connectivity index (χ0n) is 34.6. The molecule has 3 N–H and O–H groups in total. The van der Waals surface area contributed by atoms with E-state index in [1.54, 1.807) is 6.08 Å². The molecule has 0 aromatic rings. The average Bonchev–Trinajstić information content (AvgIpc) is 3.15. The van der Waals surface area contributed by atoms with Crippen molar-refractivity contribution < 1.29 is 15.0 Å². The van der Waals surface area contributed by atoms with Crippen LogP contribution in [0.1, 0.15) is 219 Å². The molecule has 0 heterocycles. The minimum absolute atomic E-state index is 0.0777. The first kappa shape index (κ1) is 50.1. The van der Waals surface area contributed by atoms with Crippen LogP contribution in [0, 0.1) is 0 Å². The first-order chi connectivity index (χ1) is 25.7. The lowest BCUT2D eigenvalue weighted by Gasteiger charge is -2.19. The second kappa shape index (κ2) is 43.5. The molecule has 302 valence electrons. The van der Waals surface area contributed by atoms with Gasteiger partial charge in [0.1, 0.15) is 0 Å². The Morgan fingerprint density at radius 2 is 0.808 bits per heavy atom. The Labute approximate surface area is 324 Å². The summed E-state index contributed by atoms with van der Waals surface area (Å²) in [5, 5.41) is 22.9. The lowest BCUT2D eigenvalue weighted by atomic mass is 10.0. The van der Waals surface area contributed by atoms with E-state index >= 15 is 0 Å². The SMILES string of the molecule is CCCCCCC/C=C\C/C=C\C/C=C\CCCCCCCCCCCCCCCCC(=O)NC(CO)C(O)/C=C/CC/C=C/CCCCCCC. The minimum Gasteiger partial charge on any atom is -0.394 e. The third kappa shape index (κ3) is 39.3. The maximum atomic E-state index is 12.4. The number of rotatable bonds is 40. The van der Waals surface area contributed by atoms with Gasteiger partial charge in [0, 0.05) is 6.42 Å². The number of aliphatic hydroxyl groups excluding tert-OH is 2. The topological polar surface area (TPSA) is 69.6 Å². The standard InChI is InChI=1S/C48H87NO3/c1-3-5-7-9-11-13-15-16-17-18-19-20-21-22-23-24-25-26-27-28-29-30-31-32-34-36-38-40-42-44-48(52)49-46(45-50)47(51)43-41-39-37-35-33-14-12-10-8-6-4-2/h15-16,18-19,21-22,33,35,41,43,46-47,50-51H,3-14,17,20,23-32,34,36-40,42,44-45H2,1-2H3,(H,49,52)/b16-15-,19-18-,22-21-,35-33+,43-41+. The Morgan fingerprint density at radius 3 is 1.25 bits per heavy atom. The summed E-state index contributed by atoms with van der Waals surface area (Å²) in [7, 11) is 0. The van der Waals surface area contributed by atoms with Crippen molar-refractivity contribution in [2.45, 2.75) is 231 Å². The Morgan fingerprint density at radius 1 is 0.462 bits per heavy atom. The van der Waals surface area contributed by atoms with Crippen LogP contribution in [0.5, 0.6) is 0 Å². The van der Waals surface area contributed by atoms with Crippen LogP contribution >= 0.6 is 0 Å². The molecule has 0 aliphatic carbocycles. The first-order valence-corrected chi connectivity index (χ1v) is 22.5. The van der Waals surface area contributed by atoms with Crippen LogP contribution in [0.3, 0.4) is 0 Å². The van der Waals surface area contributed by atoms with Crippen LogP contribution in [-0.2, 0) is 4.79 Å². The molecule has 52 heavy (non-hydrogen) atoms. The molecule has 4 nitrogen and oxygen atoms in total. The Bertz CT molecular complexity index is 873. The molecule has 1 amide bonds. The fraction of sp³-hybridized carbons (Fsp3) is 0.771. The minimum atomic E-state index is -0.862. The van der Waals surface area contributed by atoms with Crippen molar-refractivity contribution in [3.05, 3.63) is 60.8 Å². The van der Waals surface area contributed by atoms with Gasteiger partial charge in [-0.25, -0.2) is 0 Å². The number of aliphatic hydroxyl groups is 2. The molecular formula is C48H87NO3. The van der Waals surface area contributed by atoms with Gasteiger partial charge in [0.2, 0.25) is 5.91 Å².